The van der Waals surface area contributed by atoms with Gasteiger partial charge in [-0.25, -0.2) is 0 Å². The number of likely N-dealkylation sites (tertiary alicyclic amines) is 1. The first-order valence-corrected chi connectivity index (χ1v) is 12.5. The van der Waals surface area contributed by atoms with Gasteiger partial charge < -0.3 is 9.80 Å². The van der Waals surface area contributed by atoms with Gasteiger partial charge in [-0.3, -0.25) is 9.69 Å². The summed E-state index contributed by atoms with van der Waals surface area (Å²) in [4.78, 5) is 20.7. The third-order valence-electron chi connectivity index (χ3n) is 7.39. The summed E-state index contributed by atoms with van der Waals surface area (Å²) in [6, 6.07) is 8.43. The summed E-state index contributed by atoms with van der Waals surface area (Å²) in [6.07, 6.45) is 6.93. The van der Waals surface area contributed by atoms with Crippen LogP contribution in [0.15, 0.2) is 36.7 Å². The maximum Gasteiger partial charge on any atom is 0.258 e. The number of carbonyl (C=O) groups excluding carboxylic acids is 1. The number of nitrogens with zero attached hydrogens (tertiary/aromatic N) is 3. The van der Waals surface area contributed by atoms with Crippen LogP contribution in [-0.2, 0) is 4.79 Å². The van der Waals surface area contributed by atoms with E-state index < -0.39 is 5.54 Å². The Balaban J connectivity index is 1.78. The Morgan fingerprint density at radius 1 is 1.06 bits per heavy atom. The average molecular weight is 426 g/mol. The van der Waals surface area contributed by atoms with E-state index >= 15 is 0 Å². The van der Waals surface area contributed by atoms with Crippen molar-refractivity contribution in [3.8, 4) is 0 Å². The second-order valence-corrected chi connectivity index (χ2v) is 9.83. The Hall–Kier alpha value is -1.81. The molecule has 2 aliphatic heterocycles. The lowest BCUT2D eigenvalue weighted by Crippen LogP contribution is -2.56. The van der Waals surface area contributed by atoms with Crippen molar-refractivity contribution in [1.29, 1.82) is 0 Å². The summed E-state index contributed by atoms with van der Waals surface area (Å²) in [5, 5.41) is 0. The summed E-state index contributed by atoms with van der Waals surface area (Å²) in [7, 11) is 0. The van der Waals surface area contributed by atoms with Crippen LogP contribution >= 0.6 is 0 Å². The van der Waals surface area contributed by atoms with Gasteiger partial charge in [-0.2, -0.15) is 0 Å². The second-order valence-electron chi connectivity index (χ2n) is 9.83. The van der Waals surface area contributed by atoms with E-state index in [1.54, 1.807) is 0 Å². The number of anilines is 1. The van der Waals surface area contributed by atoms with Gasteiger partial charge in [0, 0.05) is 26.2 Å². The molecule has 0 aromatic heterocycles. The van der Waals surface area contributed by atoms with Crippen LogP contribution in [0.25, 0.3) is 0 Å². The van der Waals surface area contributed by atoms with E-state index in [2.05, 4.69) is 75.3 Å². The van der Waals surface area contributed by atoms with E-state index in [9.17, 15) is 4.79 Å². The van der Waals surface area contributed by atoms with Crippen molar-refractivity contribution in [2.75, 3.05) is 31.1 Å². The Morgan fingerprint density at radius 3 is 2.26 bits per heavy atom. The van der Waals surface area contributed by atoms with E-state index in [0.717, 1.165) is 49.9 Å². The molecule has 1 amide bonds. The van der Waals surface area contributed by atoms with E-state index in [1.807, 2.05) is 4.90 Å². The smallest absolute Gasteiger partial charge is 0.258 e. The van der Waals surface area contributed by atoms with Crippen LogP contribution in [-0.4, -0.2) is 47.4 Å². The van der Waals surface area contributed by atoms with Gasteiger partial charge in [-0.1, -0.05) is 59.2 Å². The largest absolute Gasteiger partial charge is 0.344 e. The summed E-state index contributed by atoms with van der Waals surface area (Å²) in [5.41, 5.74) is 1.79. The van der Waals surface area contributed by atoms with Gasteiger partial charge in [0.05, 0.1) is 5.69 Å². The minimum atomic E-state index is -0.429. The molecule has 1 aromatic carbocycles. The van der Waals surface area contributed by atoms with Gasteiger partial charge in [0.2, 0.25) is 0 Å². The number of amides is 1. The van der Waals surface area contributed by atoms with Gasteiger partial charge in [-0.05, 0) is 62.1 Å². The second kappa shape index (κ2) is 10.2. The maximum atomic E-state index is 13.9. The minimum Gasteiger partial charge on any atom is -0.344 e. The molecule has 2 heterocycles. The van der Waals surface area contributed by atoms with Crippen LogP contribution in [0.1, 0.15) is 84.6 Å². The number of rotatable bonds is 9. The number of likely N-dealkylation sites (N-methyl/N-ethyl adjacent to an activating group) is 1. The molecule has 4 nitrogen and oxygen atoms in total. The predicted molar refractivity (Wildman–Crippen MR) is 131 cm³/mol. The molecule has 2 saturated heterocycles. The SMILES string of the molecule is C=C1N(c2cccc(C(C)C)c2)C(=O)C2(CCN(CC(CCC)CCC)CC2)N1CC. The van der Waals surface area contributed by atoms with Crippen molar-refractivity contribution >= 4 is 11.6 Å². The van der Waals surface area contributed by atoms with E-state index in [-0.39, 0.29) is 5.91 Å². The number of hydrogen-bond acceptors (Lipinski definition) is 3. The normalized spacial score (nSPS) is 19.5. The Morgan fingerprint density at radius 2 is 1.71 bits per heavy atom. The first-order valence-electron chi connectivity index (χ1n) is 12.5. The molecule has 31 heavy (non-hydrogen) atoms. The highest BCUT2D eigenvalue weighted by atomic mass is 16.2. The van der Waals surface area contributed by atoms with Crippen LogP contribution in [0.2, 0.25) is 0 Å². The van der Waals surface area contributed by atoms with Crippen molar-refractivity contribution in [3.05, 3.63) is 42.2 Å². The lowest BCUT2D eigenvalue weighted by Gasteiger charge is -2.43. The molecule has 0 saturated carbocycles. The summed E-state index contributed by atoms with van der Waals surface area (Å²) in [6.45, 7) is 19.5. The molecule has 1 aromatic rings. The lowest BCUT2D eigenvalue weighted by molar-refractivity contribution is -0.127. The van der Waals surface area contributed by atoms with Gasteiger partial charge in [0.1, 0.15) is 11.4 Å². The number of hydrogen-bond donors (Lipinski definition) is 0. The van der Waals surface area contributed by atoms with Gasteiger partial charge in [0.15, 0.2) is 0 Å². The highest BCUT2D eigenvalue weighted by molar-refractivity contribution is 6.05. The van der Waals surface area contributed by atoms with Crippen LogP contribution in [0, 0.1) is 5.92 Å². The van der Waals surface area contributed by atoms with E-state index in [0.29, 0.717) is 5.92 Å². The predicted octanol–water partition coefficient (Wildman–Crippen LogP) is 6.00. The molecule has 0 N–H and O–H groups in total. The average Bonchev–Trinajstić information content (AvgIpc) is 2.96. The molecular formula is C27H43N3O. The minimum absolute atomic E-state index is 0.221. The first-order chi connectivity index (χ1) is 14.9. The monoisotopic (exact) mass is 425 g/mol. The van der Waals surface area contributed by atoms with Crippen molar-refractivity contribution in [1.82, 2.24) is 9.80 Å². The molecule has 0 radical (unpaired) electrons. The van der Waals surface area contributed by atoms with Gasteiger partial charge in [-0.15, -0.1) is 0 Å². The third-order valence-corrected chi connectivity index (χ3v) is 7.39. The van der Waals surface area contributed by atoms with Crippen molar-refractivity contribution in [2.45, 2.75) is 84.6 Å². The summed E-state index contributed by atoms with van der Waals surface area (Å²) >= 11 is 0. The van der Waals surface area contributed by atoms with Gasteiger partial charge in [0.25, 0.3) is 5.91 Å². The fourth-order valence-electron chi connectivity index (χ4n) is 5.68. The molecule has 0 bridgehead atoms. The zero-order chi connectivity index (χ0) is 22.6. The van der Waals surface area contributed by atoms with Crippen LogP contribution in [0.4, 0.5) is 5.69 Å². The molecule has 3 rings (SSSR count). The lowest BCUT2D eigenvalue weighted by atomic mass is 9.85. The van der Waals surface area contributed by atoms with E-state index in [4.69, 9.17) is 0 Å². The fraction of sp³-hybridized carbons (Fsp3) is 0.667. The van der Waals surface area contributed by atoms with Crippen molar-refractivity contribution in [3.63, 3.8) is 0 Å². The highest BCUT2D eigenvalue weighted by Crippen LogP contribution is 2.43. The first kappa shape index (κ1) is 23.8. The molecule has 0 unspecified atom stereocenters. The number of benzene rings is 1. The molecule has 2 aliphatic rings. The summed E-state index contributed by atoms with van der Waals surface area (Å²) in [5.74, 6) is 2.29. The van der Waals surface area contributed by atoms with Crippen LogP contribution < -0.4 is 4.90 Å². The number of carbonyl (C=O) groups is 1. The van der Waals surface area contributed by atoms with Crippen LogP contribution in [0.5, 0.6) is 0 Å². The fourth-order valence-corrected chi connectivity index (χ4v) is 5.68. The molecule has 4 heteroatoms. The quantitative estimate of drug-likeness (QED) is 0.485. The zero-order valence-electron chi connectivity index (χ0n) is 20.5. The molecule has 1 spiro atoms. The standard InChI is InChI=1S/C27H43N3O/c1-7-11-23(12-8-2)20-28-17-15-27(16-18-28)26(31)30(22(6)29(27)9-3)25-14-10-13-24(19-25)21(4)5/h10,13-14,19,21,23H,6-9,11-12,15-18,20H2,1-5H3. The van der Waals surface area contributed by atoms with Crippen LogP contribution in [0.3, 0.4) is 0 Å². The Labute approximate surface area is 190 Å². The third kappa shape index (κ3) is 4.69. The summed E-state index contributed by atoms with van der Waals surface area (Å²) < 4.78 is 0. The topological polar surface area (TPSA) is 26.8 Å². The molecular weight excluding hydrogens is 382 g/mol. The maximum absolute atomic E-state index is 13.9. The molecule has 0 aliphatic carbocycles. The molecule has 2 fully saturated rings. The van der Waals surface area contributed by atoms with Crippen molar-refractivity contribution in [2.24, 2.45) is 5.92 Å². The number of piperidine rings is 1. The highest BCUT2D eigenvalue weighted by Gasteiger charge is 2.55. The molecule has 0 atom stereocenters. The van der Waals surface area contributed by atoms with E-state index in [1.165, 1.54) is 37.8 Å². The van der Waals surface area contributed by atoms with Gasteiger partial charge >= 0.3 is 0 Å². The molecule has 172 valence electrons. The van der Waals surface area contributed by atoms with Crippen molar-refractivity contribution < 1.29 is 4.79 Å². The Kier molecular flexibility index (Phi) is 7.85. The zero-order valence-corrected chi connectivity index (χ0v) is 20.5. The Bertz CT molecular complexity index is 757.